The van der Waals surface area contributed by atoms with Crippen LogP contribution in [0.25, 0.3) is 10.9 Å². The van der Waals surface area contributed by atoms with E-state index in [9.17, 15) is 9.59 Å². The fourth-order valence-corrected chi connectivity index (χ4v) is 7.77. The van der Waals surface area contributed by atoms with Crippen molar-refractivity contribution < 1.29 is 9.59 Å². The van der Waals surface area contributed by atoms with Crippen LogP contribution in [0.2, 0.25) is 5.02 Å². The summed E-state index contributed by atoms with van der Waals surface area (Å²) in [5, 5.41) is 1.72. The Labute approximate surface area is 203 Å². The molecule has 7 rings (SSSR count). The molecule has 0 spiro atoms. The Hall–Kier alpha value is -2.13. The van der Waals surface area contributed by atoms with Crippen molar-refractivity contribution in [2.75, 3.05) is 26.2 Å². The summed E-state index contributed by atoms with van der Waals surface area (Å²) in [5.41, 5.74) is 11.2. The zero-order valence-corrected chi connectivity index (χ0v) is 20.1. The quantitative estimate of drug-likeness (QED) is 0.607. The topological polar surface area (TPSA) is 81.6 Å². The van der Waals surface area contributed by atoms with Gasteiger partial charge >= 0.3 is 0 Å². The number of hydrogen-bond donors (Lipinski definition) is 3. The Bertz CT molecular complexity index is 1160. The lowest BCUT2D eigenvalue weighted by Crippen LogP contribution is -2.45. The van der Waals surface area contributed by atoms with Gasteiger partial charge in [0, 0.05) is 67.2 Å². The molecule has 180 valence electrons. The Balaban J connectivity index is 1.01. The second-order valence-electron chi connectivity index (χ2n) is 11.0. The zero-order valence-electron chi connectivity index (χ0n) is 19.3. The molecule has 5 fully saturated rings. The fourth-order valence-electron chi connectivity index (χ4n) is 7.60. The normalized spacial score (nSPS) is 36.4. The minimum atomic E-state index is 0.110. The zero-order chi connectivity index (χ0) is 23.1. The first-order valence-electron chi connectivity index (χ1n) is 12.6. The third-order valence-corrected chi connectivity index (χ3v) is 9.70. The molecule has 0 radical (unpaired) electrons. The van der Waals surface area contributed by atoms with Crippen LogP contribution in [0.15, 0.2) is 24.3 Å². The molecule has 1 aromatic carbocycles. The van der Waals surface area contributed by atoms with Gasteiger partial charge in [-0.2, -0.15) is 5.53 Å². The molecule has 3 unspecified atom stereocenters. The first-order valence-corrected chi connectivity index (χ1v) is 12.9. The highest BCUT2D eigenvalue weighted by Crippen LogP contribution is 2.54. The van der Waals surface area contributed by atoms with Crippen molar-refractivity contribution in [1.82, 2.24) is 30.8 Å². The summed E-state index contributed by atoms with van der Waals surface area (Å²) >= 11 is 6.17. The number of amides is 2. The third-order valence-electron chi connectivity index (χ3n) is 9.46. The maximum absolute atomic E-state index is 13.4. The van der Waals surface area contributed by atoms with E-state index in [1.807, 2.05) is 40.8 Å². The van der Waals surface area contributed by atoms with E-state index in [0.717, 1.165) is 62.0 Å². The number of likely N-dealkylation sites (tertiary alicyclic amines) is 2. The van der Waals surface area contributed by atoms with Crippen molar-refractivity contribution in [2.24, 2.45) is 36.6 Å². The Morgan fingerprint density at radius 1 is 0.912 bits per heavy atom. The van der Waals surface area contributed by atoms with E-state index < -0.39 is 0 Å². The number of halogens is 1. The molecule has 2 amide bonds. The van der Waals surface area contributed by atoms with Crippen LogP contribution in [-0.2, 0) is 11.8 Å². The van der Waals surface area contributed by atoms with Gasteiger partial charge in [0.15, 0.2) is 0 Å². The molecule has 2 saturated carbocycles. The molecule has 0 bridgehead atoms. The monoisotopic (exact) mass is 482 g/mol. The van der Waals surface area contributed by atoms with Gasteiger partial charge in [-0.1, -0.05) is 17.7 Å². The molecule has 5 aliphatic rings. The van der Waals surface area contributed by atoms with Gasteiger partial charge in [0.05, 0.1) is 0 Å². The number of rotatable bonds is 2. The summed E-state index contributed by atoms with van der Waals surface area (Å²) in [5.74, 6) is 2.73. The van der Waals surface area contributed by atoms with E-state index in [-0.39, 0.29) is 11.8 Å². The fraction of sp³-hybridized carbons (Fsp3) is 0.600. The van der Waals surface area contributed by atoms with Gasteiger partial charge in [-0.25, -0.2) is 10.9 Å². The van der Waals surface area contributed by atoms with Crippen LogP contribution >= 0.6 is 11.6 Å². The maximum atomic E-state index is 13.4. The smallest absolute Gasteiger partial charge is 0.270 e. The number of fused-ring (bicyclic) bond motifs is 6. The summed E-state index contributed by atoms with van der Waals surface area (Å²) in [6, 6.07) is 8.51. The number of hydrazine groups is 2. The van der Waals surface area contributed by atoms with E-state index in [0.29, 0.717) is 46.7 Å². The minimum Gasteiger partial charge on any atom is -0.342 e. The van der Waals surface area contributed by atoms with Crippen molar-refractivity contribution in [3.63, 3.8) is 0 Å². The number of aryl methyl sites for hydroxylation is 1. The lowest BCUT2D eigenvalue weighted by atomic mass is 9.60. The Morgan fingerprint density at radius 3 is 2.32 bits per heavy atom. The van der Waals surface area contributed by atoms with Gasteiger partial charge in [-0.15, -0.1) is 0 Å². The van der Waals surface area contributed by atoms with Crippen molar-refractivity contribution in [2.45, 2.75) is 31.3 Å². The van der Waals surface area contributed by atoms with Gasteiger partial charge in [-0.3, -0.25) is 9.59 Å². The molecular formula is C25H31ClN6O2. The standard InChI is InChI=1S/C25H31ClN6O2/c1-30-22-8-15(26)4-2-13(22)7-23(30)25(34)32-11-18-16-9-31(10-17(16)19(18)12-32)24(33)14-3-5-20-21(6-14)28-29-27-20/h2,4,7-8,14,16-21,27-29H,3,5-6,9-12H2,1H3/t14?,16-,17+,18+,19-,20?,21?. The van der Waals surface area contributed by atoms with E-state index in [1.54, 1.807) is 0 Å². The average Bonchev–Trinajstić information content (AvgIpc) is 3.60. The minimum absolute atomic E-state index is 0.110. The second-order valence-corrected chi connectivity index (χ2v) is 11.5. The number of hydrogen-bond acceptors (Lipinski definition) is 5. The molecular weight excluding hydrogens is 452 g/mol. The highest BCUT2D eigenvalue weighted by atomic mass is 35.5. The summed E-state index contributed by atoms with van der Waals surface area (Å²) < 4.78 is 1.96. The predicted molar refractivity (Wildman–Crippen MR) is 129 cm³/mol. The summed E-state index contributed by atoms with van der Waals surface area (Å²) in [6.07, 6.45) is 2.90. The van der Waals surface area contributed by atoms with Gasteiger partial charge in [-0.05, 0) is 61.1 Å². The predicted octanol–water partition coefficient (Wildman–Crippen LogP) is 1.76. The molecule has 4 heterocycles. The summed E-state index contributed by atoms with van der Waals surface area (Å²) in [7, 11) is 1.94. The van der Waals surface area contributed by atoms with Crippen molar-refractivity contribution in [3.8, 4) is 0 Å². The van der Waals surface area contributed by atoms with Crippen LogP contribution in [0, 0.1) is 29.6 Å². The highest BCUT2D eigenvalue weighted by molar-refractivity contribution is 6.31. The van der Waals surface area contributed by atoms with Crippen LogP contribution in [0.3, 0.4) is 0 Å². The van der Waals surface area contributed by atoms with E-state index in [1.165, 1.54) is 0 Å². The van der Waals surface area contributed by atoms with E-state index in [2.05, 4.69) is 21.3 Å². The van der Waals surface area contributed by atoms with E-state index >= 15 is 0 Å². The first kappa shape index (κ1) is 21.2. The van der Waals surface area contributed by atoms with Gasteiger partial charge < -0.3 is 14.4 Å². The number of carbonyl (C=O) groups is 2. The van der Waals surface area contributed by atoms with Crippen LogP contribution in [-0.4, -0.2) is 64.4 Å². The molecule has 8 nitrogen and oxygen atoms in total. The van der Waals surface area contributed by atoms with Crippen LogP contribution < -0.4 is 16.4 Å². The van der Waals surface area contributed by atoms with Gasteiger partial charge in [0.2, 0.25) is 5.91 Å². The Kier molecular flexibility index (Phi) is 4.79. The van der Waals surface area contributed by atoms with Crippen LogP contribution in [0.5, 0.6) is 0 Å². The molecule has 9 heteroatoms. The van der Waals surface area contributed by atoms with Gasteiger partial charge in [0.1, 0.15) is 5.69 Å². The van der Waals surface area contributed by atoms with Crippen LogP contribution in [0.1, 0.15) is 29.8 Å². The lowest BCUT2D eigenvalue weighted by molar-refractivity contribution is -0.136. The molecule has 2 aliphatic carbocycles. The van der Waals surface area contributed by atoms with E-state index in [4.69, 9.17) is 11.6 Å². The summed E-state index contributed by atoms with van der Waals surface area (Å²) in [4.78, 5) is 30.9. The molecule has 3 aliphatic heterocycles. The second kappa shape index (κ2) is 7.68. The number of carbonyl (C=O) groups excluding carboxylic acids is 2. The number of benzene rings is 1. The molecule has 2 aromatic rings. The van der Waals surface area contributed by atoms with Crippen molar-refractivity contribution in [3.05, 3.63) is 35.0 Å². The van der Waals surface area contributed by atoms with Gasteiger partial charge in [0.25, 0.3) is 5.91 Å². The molecule has 7 atom stereocenters. The average molecular weight is 483 g/mol. The Morgan fingerprint density at radius 2 is 1.59 bits per heavy atom. The number of nitrogens with one attached hydrogen (secondary N) is 3. The largest absolute Gasteiger partial charge is 0.342 e. The molecule has 1 aromatic heterocycles. The number of nitrogens with zero attached hydrogens (tertiary/aromatic N) is 3. The molecule has 3 N–H and O–H groups in total. The SMILES string of the molecule is Cn1c(C(=O)N2C[C@@H]3[C@H](C2)[C@H]2CN(C(=O)C4CCC5NNNC5C4)C[C@@H]32)cc2ccc(Cl)cc21. The maximum Gasteiger partial charge on any atom is 0.270 e. The first-order chi connectivity index (χ1) is 16.5. The third kappa shape index (κ3) is 3.08. The lowest BCUT2D eigenvalue weighted by Gasteiger charge is -2.42. The number of aromatic nitrogens is 1. The highest BCUT2D eigenvalue weighted by Gasteiger charge is 2.59. The summed E-state index contributed by atoms with van der Waals surface area (Å²) in [6.45, 7) is 3.36. The molecule has 34 heavy (non-hydrogen) atoms. The van der Waals surface area contributed by atoms with Crippen molar-refractivity contribution in [1.29, 1.82) is 0 Å². The van der Waals surface area contributed by atoms with Crippen molar-refractivity contribution >= 4 is 34.3 Å². The van der Waals surface area contributed by atoms with Crippen LogP contribution in [0.4, 0.5) is 0 Å². The molecule has 3 saturated heterocycles.